The molecule has 0 N–H and O–H groups in total. The SMILES string of the molecule is CCN1N=C(C)Cn2c1nc1c2c(=O)n(Cc2cc(C)ccc2C)c(=O)n1C. The lowest BCUT2D eigenvalue weighted by atomic mass is 10.1. The number of nitrogens with zero attached hydrogens (tertiary/aromatic N) is 6. The van der Waals surface area contributed by atoms with Crippen LogP contribution in [0.15, 0.2) is 32.9 Å². The van der Waals surface area contributed by atoms with Gasteiger partial charge in [0.2, 0.25) is 5.95 Å². The molecular weight excluding hydrogens is 356 g/mol. The number of benzene rings is 1. The Bertz CT molecular complexity index is 1240. The van der Waals surface area contributed by atoms with Crippen LogP contribution in [0.1, 0.15) is 30.5 Å². The number of rotatable bonds is 3. The van der Waals surface area contributed by atoms with Crippen molar-refractivity contribution in [2.24, 2.45) is 12.1 Å². The van der Waals surface area contributed by atoms with Crippen molar-refractivity contribution < 1.29 is 0 Å². The van der Waals surface area contributed by atoms with Crippen LogP contribution in [0.2, 0.25) is 0 Å². The average Bonchev–Trinajstić information content (AvgIpc) is 3.05. The van der Waals surface area contributed by atoms with Crippen LogP contribution in [0, 0.1) is 13.8 Å². The predicted octanol–water partition coefficient (Wildman–Crippen LogP) is 1.78. The number of hydrazone groups is 1. The van der Waals surface area contributed by atoms with E-state index < -0.39 is 0 Å². The molecule has 1 aromatic carbocycles. The first-order chi connectivity index (χ1) is 13.3. The molecule has 0 aliphatic carbocycles. The zero-order chi connectivity index (χ0) is 20.2. The lowest BCUT2D eigenvalue weighted by Gasteiger charge is -2.23. The highest BCUT2D eigenvalue weighted by atomic mass is 16.2. The van der Waals surface area contributed by atoms with Crippen LogP contribution in [0.4, 0.5) is 5.95 Å². The fourth-order valence-corrected chi connectivity index (χ4v) is 3.71. The van der Waals surface area contributed by atoms with Crippen LogP contribution in [0.3, 0.4) is 0 Å². The van der Waals surface area contributed by atoms with Crippen molar-refractivity contribution in [2.45, 2.75) is 40.8 Å². The summed E-state index contributed by atoms with van der Waals surface area (Å²) in [6.45, 7) is 9.24. The van der Waals surface area contributed by atoms with Crippen molar-refractivity contribution in [2.75, 3.05) is 11.6 Å². The third kappa shape index (κ3) is 2.67. The summed E-state index contributed by atoms with van der Waals surface area (Å²) in [5.74, 6) is 0.597. The Hall–Kier alpha value is -3.16. The summed E-state index contributed by atoms with van der Waals surface area (Å²) in [6.07, 6.45) is 0. The van der Waals surface area contributed by atoms with E-state index in [1.807, 2.05) is 50.5 Å². The van der Waals surface area contributed by atoms with E-state index >= 15 is 0 Å². The molecule has 0 spiro atoms. The molecule has 3 heterocycles. The van der Waals surface area contributed by atoms with Gasteiger partial charge in [-0.2, -0.15) is 10.1 Å². The van der Waals surface area contributed by atoms with Crippen LogP contribution < -0.4 is 16.3 Å². The van der Waals surface area contributed by atoms with Crippen LogP contribution in [0.5, 0.6) is 0 Å². The van der Waals surface area contributed by atoms with Crippen LogP contribution in [-0.4, -0.2) is 30.9 Å². The molecule has 0 saturated heterocycles. The monoisotopic (exact) mass is 380 g/mol. The highest BCUT2D eigenvalue weighted by molar-refractivity contribution is 5.87. The minimum atomic E-state index is -0.366. The van der Waals surface area contributed by atoms with Crippen molar-refractivity contribution in [3.63, 3.8) is 0 Å². The molecule has 1 aliphatic rings. The number of aromatic nitrogens is 4. The molecule has 8 heteroatoms. The molecule has 0 fully saturated rings. The highest BCUT2D eigenvalue weighted by Crippen LogP contribution is 2.23. The lowest BCUT2D eigenvalue weighted by molar-refractivity contribution is 0.651. The number of anilines is 1. The van der Waals surface area contributed by atoms with Gasteiger partial charge in [0.05, 0.1) is 18.8 Å². The molecule has 3 aromatic rings. The third-order valence-electron chi connectivity index (χ3n) is 5.25. The van der Waals surface area contributed by atoms with Gasteiger partial charge in [-0.15, -0.1) is 0 Å². The predicted molar refractivity (Wildman–Crippen MR) is 110 cm³/mol. The summed E-state index contributed by atoms with van der Waals surface area (Å²) in [7, 11) is 1.66. The van der Waals surface area contributed by atoms with Gasteiger partial charge in [-0.3, -0.25) is 18.5 Å². The molecule has 8 nitrogen and oxygen atoms in total. The molecule has 1 aliphatic heterocycles. The molecule has 28 heavy (non-hydrogen) atoms. The molecule has 0 amide bonds. The van der Waals surface area contributed by atoms with Crippen molar-refractivity contribution in [3.05, 3.63) is 55.7 Å². The molecule has 0 atom stereocenters. The van der Waals surface area contributed by atoms with Crippen LogP contribution in [-0.2, 0) is 20.1 Å². The summed E-state index contributed by atoms with van der Waals surface area (Å²) in [4.78, 5) is 30.9. The number of fused-ring (bicyclic) bond motifs is 3. The second-order valence-electron chi connectivity index (χ2n) is 7.38. The van der Waals surface area contributed by atoms with Crippen molar-refractivity contribution >= 4 is 22.8 Å². The lowest BCUT2D eigenvalue weighted by Crippen LogP contribution is -2.40. The normalized spacial score (nSPS) is 13.8. The average molecular weight is 380 g/mol. The molecule has 0 bridgehead atoms. The molecule has 2 aromatic heterocycles. The Morgan fingerprint density at radius 3 is 2.61 bits per heavy atom. The molecular formula is C20H24N6O2. The topological polar surface area (TPSA) is 77.4 Å². The fourth-order valence-electron chi connectivity index (χ4n) is 3.71. The summed E-state index contributed by atoms with van der Waals surface area (Å²) in [6, 6.07) is 6.06. The van der Waals surface area contributed by atoms with Gasteiger partial charge >= 0.3 is 5.69 Å². The molecule has 0 radical (unpaired) electrons. The maximum atomic E-state index is 13.4. The maximum absolute atomic E-state index is 13.4. The first kappa shape index (κ1) is 18.2. The Balaban J connectivity index is 1.98. The molecule has 0 unspecified atom stereocenters. The van der Waals surface area contributed by atoms with Gasteiger partial charge in [0, 0.05) is 13.6 Å². The largest absolute Gasteiger partial charge is 0.332 e. The molecule has 146 valence electrons. The van der Waals surface area contributed by atoms with E-state index in [9.17, 15) is 9.59 Å². The van der Waals surface area contributed by atoms with E-state index in [1.54, 1.807) is 12.1 Å². The van der Waals surface area contributed by atoms with E-state index in [2.05, 4.69) is 10.1 Å². The summed E-state index contributed by atoms with van der Waals surface area (Å²) < 4.78 is 4.62. The van der Waals surface area contributed by atoms with Crippen molar-refractivity contribution in [1.29, 1.82) is 0 Å². The van der Waals surface area contributed by atoms with Gasteiger partial charge in [0.15, 0.2) is 11.2 Å². The Labute approximate surface area is 162 Å². The van der Waals surface area contributed by atoms with E-state index in [4.69, 9.17) is 0 Å². The van der Waals surface area contributed by atoms with Crippen molar-refractivity contribution in [1.82, 2.24) is 18.7 Å². The number of aryl methyl sites for hydroxylation is 3. The first-order valence-corrected chi connectivity index (χ1v) is 9.39. The third-order valence-corrected chi connectivity index (χ3v) is 5.25. The quantitative estimate of drug-likeness (QED) is 0.694. The Morgan fingerprint density at radius 2 is 1.89 bits per heavy atom. The number of hydrogen-bond acceptors (Lipinski definition) is 5. The van der Waals surface area contributed by atoms with Gasteiger partial charge in [-0.1, -0.05) is 23.8 Å². The highest BCUT2D eigenvalue weighted by Gasteiger charge is 2.26. The standard InChI is InChI=1S/C20H24N6O2/c1-6-26-19-21-17-16(24(19)10-14(4)22-26)18(27)25(20(28)23(17)5)11-15-9-12(2)7-8-13(15)3/h7-9H,6,10-11H2,1-5H3. The van der Waals surface area contributed by atoms with Crippen LogP contribution >= 0.6 is 0 Å². The second-order valence-corrected chi connectivity index (χ2v) is 7.38. The minimum Gasteiger partial charge on any atom is -0.297 e. The summed E-state index contributed by atoms with van der Waals surface area (Å²) in [5.41, 5.74) is 4.15. The number of hydrogen-bond donors (Lipinski definition) is 0. The van der Waals surface area contributed by atoms with E-state index in [-0.39, 0.29) is 17.8 Å². The second kappa shape index (κ2) is 6.47. The zero-order valence-electron chi connectivity index (χ0n) is 16.9. The van der Waals surface area contributed by atoms with Crippen LogP contribution in [0.25, 0.3) is 11.2 Å². The Kier molecular flexibility index (Phi) is 4.21. The van der Waals surface area contributed by atoms with E-state index in [0.717, 1.165) is 22.4 Å². The van der Waals surface area contributed by atoms with Gasteiger partial charge in [-0.05, 0) is 38.8 Å². The van der Waals surface area contributed by atoms with Gasteiger partial charge in [-0.25, -0.2) is 9.80 Å². The Morgan fingerprint density at radius 1 is 1.14 bits per heavy atom. The van der Waals surface area contributed by atoms with Gasteiger partial charge < -0.3 is 0 Å². The summed E-state index contributed by atoms with van der Waals surface area (Å²) in [5, 5.41) is 6.26. The number of imidazole rings is 1. The summed E-state index contributed by atoms with van der Waals surface area (Å²) >= 11 is 0. The van der Waals surface area contributed by atoms with E-state index in [1.165, 1.54) is 9.13 Å². The zero-order valence-corrected chi connectivity index (χ0v) is 16.9. The minimum absolute atomic E-state index is 0.236. The molecule has 4 rings (SSSR count). The van der Waals surface area contributed by atoms with Gasteiger partial charge in [0.25, 0.3) is 5.56 Å². The molecule has 0 saturated carbocycles. The smallest absolute Gasteiger partial charge is 0.297 e. The van der Waals surface area contributed by atoms with Gasteiger partial charge in [0.1, 0.15) is 0 Å². The van der Waals surface area contributed by atoms with Crippen molar-refractivity contribution in [3.8, 4) is 0 Å². The first-order valence-electron chi connectivity index (χ1n) is 9.39. The fraction of sp³-hybridized carbons (Fsp3) is 0.400. The maximum Gasteiger partial charge on any atom is 0.332 e. The van der Waals surface area contributed by atoms with E-state index in [0.29, 0.717) is 30.2 Å².